The van der Waals surface area contributed by atoms with Crippen LogP contribution in [0, 0.1) is 0 Å². The SMILES string of the molecule is CC(C)NC(=O)c1cc(Oc2ccccc2)ccc1NC(=O)c1ccc(O)cc1. The van der Waals surface area contributed by atoms with E-state index >= 15 is 0 Å². The first-order valence-electron chi connectivity index (χ1n) is 9.20. The van der Waals surface area contributed by atoms with Gasteiger partial charge in [0.05, 0.1) is 11.3 Å². The van der Waals surface area contributed by atoms with Crippen LogP contribution >= 0.6 is 0 Å². The van der Waals surface area contributed by atoms with Crippen molar-refractivity contribution in [3.63, 3.8) is 0 Å². The van der Waals surface area contributed by atoms with Crippen LogP contribution in [0.1, 0.15) is 34.6 Å². The minimum atomic E-state index is -0.389. The van der Waals surface area contributed by atoms with E-state index in [1.54, 1.807) is 18.2 Å². The molecule has 2 amide bonds. The Hall–Kier alpha value is -3.80. The summed E-state index contributed by atoms with van der Waals surface area (Å²) in [5.74, 6) is 0.483. The molecule has 0 bridgehead atoms. The number of hydrogen-bond acceptors (Lipinski definition) is 4. The summed E-state index contributed by atoms with van der Waals surface area (Å²) in [7, 11) is 0. The molecule has 0 aliphatic heterocycles. The Labute approximate surface area is 169 Å². The van der Waals surface area contributed by atoms with Gasteiger partial charge >= 0.3 is 0 Å². The zero-order valence-electron chi connectivity index (χ0n) is 16.2. The minimum absolute atomic E-state index is 0.0677. The number of aromatic hydroxyl groups is 1. The third kappa shape index (κ3) is 5.35. The van der Waals surface area contributed by atoms with Crippen molar-refractivity contribution in [2.45, 2.75) is 19.9 Å². The van der Waals surface area contributed by atoms with Crippen LogP contribution in [0.2, 0.25) is 0 Å². The highest BCUT2D eigenvalue weighted by Crippen LogP contribution is 2.27. The maximum atomic E-state index is 12.7. The highest BCUT2D eigenvalue weighted by Gasteiger charge is 2.17. The molecule has 3 aromatic carbocycles. The molecule has 0 heterocycles. The highest BCUT2D eigenvalue weighted by molar-refractivity contribution is 6.09. The molecule has 0 fully saturated rings. The molecular weight excluding hydrogens is 368 g/mol. The number of hydrogen-bond donors (Lipinski definition) is 3. The van der Waals surface area contributed by atoms with Crippen molar-refractivity contribution in [1.82, 2.24) is 5.32 Å². The summed E-state index contributed by atoms with van der Waals surface area (Å²) in [6.45, 7) is 3.72. The molecule has 0 saturated heterocycles. The summed E-state index contributed by atoms with van der Waals surface area (Å²) < 4.78 is 5.81. The molecule has 0 aliphatic carbocycles. The lowest BCUT2D eigenvalue weighted by atomic mass is 10.1. The van der Waals surface area contributed by atoms with E-state index in [2.05, 4.69) is 10.6 Å². The normalized spacial score (nSPS) is 10.4. The lowest BCUT2D eigenvalue weighted by Gasteiger charge is -2.15. The first-order valence-corrected chi connectivity index (χ1v) is 9.20. The monoisotopic (exact) mass is 390 g/mol. The van der Waals surface area contributed by atoms with Crippen molar-refractivity contribution in [2.75, 3.05) is 5.32 Å². The van der Waals surface area contributed by atoms with Crippen LogP contribution in [0.15, 0.2) is 72.8 Å². The fourth-order valence-corrected chi connectivity index (χ4v) is 2.66. The van der Waals surface area contributed by atoms with E-state index in [1.807, 2.05) is 44.2 Å². The van der Waals surface area contributed by atoms with Gasteiger partial charge in [-0.3, -0.25) is 9.59 Å². The fourth-order valence-electron chi connectivity index (χ4n) is 2.66. The summed E-state index contributed by atoms with van der Waals surface area (Å²) >= 11 is 0. The van der Waals surface area contributed by atoms with Crippen molar-refractivity contribution in [2.24, 2.45) is 0 Å². The predicted octanol–water partition coefficient (Wildman–Crippen LogP) is 4.58. The number of rotatable bonds is 6. The third-order valence-corrected chi connectivity index (χ3v) is 4.01. The topological polar surface area (TPSA) is 87.7 Å². The zero-order chi connectivity index (χ0) is 20.8. The van der Waals surface area contributed by atoms with Gasteiger partial charge in [-0.25, -0.2) is 0 Å². The number of nitrogens with one attached hydrogen (secondary N) is 2. The zero-order valence-corrected chi connectivity index (χ0v) is 16.2. The lowest BCUT2D eigenvalue weighted by Crippen LogP contribution is -2.31. The van der Waals surface area contributed by atoms with Crippen molar-refractivity contribution >= 4 is 17.5 Å². The van der Waals surface area contributed by atoms with Gasteiger partial charge in [0.25, 0.3) is 11.8 Å². The quantitative estimate of drug-likeness (QED) is 0.575. The van der Waals surface area contributed by atoms with Gasteiger partial charge in [-0.05, 0) is 68.4 Å². The number of carbonyl (C=O) groups is 2. The number of benzene rings is 3. The number of amides is 2. The predicted molar refractivity (Wildman–Crippen MR) is 112 cm³/mol. The number of phenolic OH excluding ortho intramolecular Hbond substituents is 1. The molecule has 0 saturated carbocycles. The Morgan fingerprint density at radius 3 is 2.21 bits per heavy atom. The van der Waals surface area contributed by atoms with Gasteiger partial charge in [0, 0.05) is 11.6 Å². The molecule has 6 heteroatoms. The first kappa shape index (κ1) is 19.9. The molecule has 0 unspecified atom stereocenters. The largest absolute Gasteiger partial charge is 0.508 e. The maximum absolute atomic E-state index is 12.7. The molecule has 3 aromatic rings. The number of phenols is 1. The molecule has 148 valence electrons. The number of anilines is 1. The molecule has 0 aromatic heterocycles. The molecular formula is C23H22N2O4. The van der Waals surface area contributed by atoms with Crippen LogP contribution in [0.25, 0.3) is 0 Å². The van der Waals surface area contributed by atoms with Gasteiger partial charge < -0.3 is 20.5 Å². The van der Waals surface area contributed by atoms with Crippen LogP contribution in [0.3, 0.4) is 0 Å². The molecule has 0 aliphatic rings. The molecule has 3 rings (SSSR count). The number of ether oxygens (including phenoxy) is 1. The van der Waals surface area contributed by atoms with Gasteiger partial charge in [-0.2, -0.15) is 0 Å². The van der Waals surface area contributed by atoms with Crippen LogP contribution in [0.4, 0.5) is 5.69 Å². The van der Waals surface area contributed by atoms with Gasteiger partial charge in [0.2, 0.25) is 0 Å². The second kappa shape index (κ2) is 8.93. The molecule has 3 N–H and O–H groups in total. The van der Waals surface area contributed by atoms with Crippen molar-refractivity contribution in [1.29, 1.82) is 0 Å². The first-order chi connectivity index (χ1) is 13.9. The Kier molecular flexibility index (Phi) is 6.14. The van der Waals surface area contributed by atoms with Crippen LogP contribution in [-0.4, -0.2) is 23.0 Å². The Morgan fingerprint density at radius 1 is 0.862 bits per heavy atom. The summed E-state index contributed by atoms with van der Waals surface area (Å²) in [5, 5.41) is 15.0. The van der Waals surface area contributed by atoms with E-state index < -0.39 is 0 Å². The standard InChI is InChI=1S/C23H22N2O4/c1-15(2)24-23(28)20-14-19(29-18-6-4-3-5-7-18)12-13-21(20)25-22(27)16-8-10-17(26)11-9-16/h3-15,26H,1-2H3,(H,24,28)(H,25,27). The minimum Gasteiger partial charge on any atom is -0.508 e. The van der Waals surface area contributed by atoms with E-state index in [0.29, 0.717) is 28.3 Å². The number of para-hydroxylation sites is 1. The lowest BCUT2D eigenvalue weighted by molar-refractivity contribution is 0.0943. The Bertz CT molecular complexity index is 999. The van der Waals surface area contributed by atoms with E-state index in [1.165, 1.54) is 24.3 Å². The summed E-state index contributed by atoms with van der Waals surface area (Å²) in [6.07, 6.45) is 0. The third-order valence-electron chi connectivity index (χ3n) is 4.01. The van der Waals surface area contributed by atoms with Crippen molar-refractivity contribution in [3.05, 3.63) is 83.9 Å². The van der Waals surface area contributed by atoms with Crippen molar-refractivity contribution < 1.29 is 19.4 Å². The molecule has 0 atom stereocenters. The van der Waals surface area contributed by atoms with E-state index in [-0.39, 0.29) is 23.6 Å². The van der Waals surface area contributed by atoms with Gasteiger partial charge in [0.15, 0.2) is 0 Å². The average molecular weight is 390 g/mol. The summed E-state index contributed by atoms with van der Waals surface area (Å²) in [6, 6.07) is 19.9. The maximum Gasteiger partial charge on any atom is 0.255 e. The van der Waals surface area contributed by atoms with E-state index in [4.69, 9.17) is 4.74 Å². The molecule has 6 nitrogen and oxygen atoms in total. The highest BCUT2D eigenvalue weighted by atomic mass is 16.5. The van der Waals surface area contributed by atoms with Gasteiger partial charge in [0.1, 0.15) is 17.2 Å². The Balaban J connectivity index is 1.89. The number of carbonyl (C=O) groups excluding carboxylic acids is 2. The second-order valence-electron chi connectivity index (χ2n) is 6.75. The fraction of sp³-hybridized carbons (Fsp3) is 0.130. The molecule has 29 heavy (non-hydrogen) atoms. The average Bonchev–Trinajstić information content (AvgIpc) is 2.70. The summed E-state index contributed by atoms with van der Waals surface area (Å²) in [4.78, 5) is 25.2. The van der Waals surface area contributed by atoms with E-state index in [0.717, 1.165) is 0 Å². The summed E-state index contributed by atoms with van der Waals surface area (Å²) in [5.41, 5.74) is 1.02. The molecule has 0 spiro atoms. The van der Waals surface area contributed by atoms with Crippen LogP contribution < -0.4 is 15.4 Å². The molecule has 0 radical (unpaired) electrons. The second-order valence-corrected chi connectivity index (χ2v) is 6.75. The van der Waals surface area contributed by atoms with Gasteiger partial charge in [-0.1, -0.05) is 18.2 Å². The van der Waals surface area contributed by atoms with Crippen LogP contribution in [-0.2, 0) is 0 Å². The van der Waals surface area contributed by atoms with Crippen molar-refractivity contribution in [3.8, 4) is 17.2 Å². The smallest absolute Gasteiger partial charge is 0.255 e. The van der Waals surface area contributed by atoms with Gasteiger partial charge in [-0.15, -0.1) is 0 Å². The van der Waals surface area contributed by atoms with Crippen LogP contribution in [0.5, 0.6) is 17.2 Å². The van der Waals surface area contributed by atoms with E-state index in [9.17, 15) is 14.7 Å². The Morgan fingerprint density at radius 2 is 1.55 bits per heavy atom.